The number of hydrogen-bond donors (Lipinski definition) is 3. The molecule has 27 heavy (non-hydrogen) atoms. The number of β-lactam (4-membered cyclic amide) rings is 1. The zero-order valence-corrected chi connectivity index (χ0v) is 16.0. The molecule has 0 bridgehead atoms. The minimum Gasteiger partial charge on any atom is -0.504 e. The van der Waals surface area contributed by atoms with Crippen molar-refractivity contribution in [3.8, 4) is 11.5 Å². The number of carbonyl (C=O) groups excluding carboxylic acids is 2. The lowest BCUT2D eigenvalue weighted by Crippen LogP contribution is -2.48. The highest BCUT2D eigenvalue weighted by Gasteiger charge is 2.53. The van der Waals surface area contributed by atoms with Crippen LogP contribution in [0.1, 0.15) is 30.1 Å². The van der Waals surface area contributed by atoms with Crippen LogP contribution in [-0.4, -0.2) is 62.0 Å². The van der Waals surface area contributed by atoms with Crippen LogP contribution in [0.5, 0.6) is 11.5 Å². The lowest BCUT2D eigenvalue weighted by atomic mass is 9.98. The molecule has 2 saturated heterocycles. The second kappa shape index (κ2) is 6.49. The van der Waals surface area contributed by atoms with Gasteiger partial charge in [0.15, 0.2) is 11.5 Å². The van der Waals surface area contributed by atoms with Gasteiger partial charge in [-0.25, -0.2) is 0 Å². The lowest BCUT2D eigenvalue weighted by Gasteiger charge is -2.32. The van der Waals surface area contributed by atoms with E-state index in [1.54, 1.807) is 11.8 Å². The predicted octanol–water partition coefficient (Wildman–Crippen LogP) is 1.69. The molecular weight excluding hydrogens is 394 g/mol. The van der Waals surface area contributed by atoms with E-state index >= 15 is 0 Å². The van der Waals surface area contributed by atoms with Crippen LogP contribution in [0.3, 0.4) is 0 Å². The molecule has 3 aliphatic heterocycles. The fraction of sp³-hybridized carbons (Fsp3) is 0.471. The molecular formula is C17H18ClN3O5S. The molecule has 2 amide bonds. The summed E-state index contributed by atoms with van der Waals surface area (Å²) >= 11 is 7.63. The van der Waals surface area contributed by atoms with Gasteiger partial charge in [0.05, 0.1) is 39.4 Å². The number of fused-ring (bicyclic) bond motifs is 1. The third-order valence-electron chi connectivity index (χ3n) is 5.06. The first-order valence-corrected chi connectivity index (χ1v) is 9.73. The van der Waals surface area contributed by atoms with Crippen molar-refractivity contribution in [1.82, 2.24) is 10.2 Å². The van der Waals surface area contributed by atoms with Crippen LogP contribution in [0, 0.1) is 0 Å². The smallest absolute Gasteiger partial charge is 0.253 e. The van der Waals surface area contributed by atoms with Crippen LogP contribution in [0.15, 0.2) is 17.3 Å². The van der Waals surface area contributed by atoms with Gasteiger partial charge in [0.2, 0.25) is 5.91 Å². The highest BCUT2D eigenvalue weighted by molar-refractivity contribution is 8.02. The van der Waals surface area contributed by atoms with Crippen LogP contribution < -0.4 is 5.32 Å². The van der Waals surface area contributed by atoms with Crippen molar-refractivity contribution in [2.45, 2.75) is 36.0 Å². The van der Waals surface area contributed by atoms with Crippen LogP contribution in [0.4, 0.5) is 0 Å². The van der Waals surface area contributed by atoms with Crippen molar-refractivity contribution >= 4 is 40.9 Å². The number of rotatable bonds is 4. The Morgan fingerprint density at radius 1 is 1.48 bits per heavy atom. The van der Waals surface area contributed by atoms with Gasteiger partial charge in [0.1, 0.15) is 6.10 Å². The minimum atomic E-state index is -0.530. The zero-order chi connectivity index (χ0) is 19.3. The molecule has 1 unspecified atom stereocenters. The second-order valence-corrected chi connectivity index (χ2v) is 9.06. The molecule has 0 spiro atoms. The van der Waals surface area contributed by atoms with E-state index in [9.17, 15) is 19.8 Å². The summed E-state index contributed by atoms with van der Waals surface area (Å²) in [6.45, 7) is 2.91. The molecule has 3 N–H and O–H groups in total. The summed E-state index contributed by atoms with van der Waals surface area (Å²) in [6, 6.07) is 2.54. The molecule has 8 nitrogen and oxygen atoms in total. The average molecular weight is 412 g/mol. The number of phenols is 2. The summed E-state index contributed by atoms with van der Waals surface area (Å²) in [7, 11) is 0. The summed E-state index contributed by atoms with van der Waals surface area (Å²) in [5, 5.41) is 25.9. The van der Waals surface area contributed by atoms with Crippen molar-refractivity contribution in [1.29, 1.82) is 0 Å². The summed E-state index contributed by atoms with van der Waals surface area (Å²) in [6.07, 6.45) is 0.830. The van der Waals surface area contributed by atoms with E-state index < -0.39 is 11.7 Å². The summed E-state index contributed by atoms with van der Waals surface area (Å²) in [4.78, 5) is 31.2. The molecule has 0 aromatic heterocycles. The van der Waals surface area contributed by atoms with Crippen molar-refractivity contribution < 1.29 is 24.6 Å². The van der Waals surface area contributed by atoms with E-state index in [2.05, 4.69) is 17.4 Å². The number of benzene rings is 1. The lowest BCUT2D eigenvalue weighted by molar-refractivity contribution is -0.140. The van der Waals surface area contributed by atoms with Gasteiger partial charge in [-0.1, -0.05) is 16.8 Å². The third kappa shape index (κ3) is 3.08. The van der Waals surface area contributed by atoms with Gasteiger partial charge in [-0.2, -0.15) is 0 Å². The third-order valence-corrected chi connectivity index (χ3v) is 7.02. The molecule has 2 fully saturated rings. The Hall–Kier alpha value is -2.13. The van der Waals surface area contributed by atoms with E-state index in [0.29, 0.717) is 19.4 Å². The number of nitrogens with zero attached hydrogens (tertiary/aromatic N) is 2. The Labute approximate surface area is 164 Å². The van der Waals surface area contributed by atoms with Crippen molar-refractivity contribution in [3.05, 3.63) is 22.7 Å². The molecule has 3 aliphatic rings. The maximum atomic E-state index is 12.3. The molecule has 3 heterocycles. The normalized spacial score (nSPS) is 29.0. The van der Waals surface area contributed by atoms with Crippen molar-refractivity contribution in [2.24, 2.45) is 5.16 Å². The number of hydrogen-bond acceptors (Lipinski definition) is 7. The molecule has 0 radical (unpaired) electrons. The number of phenolic OH excluding ortho intramolecular Hbond substituents is 2. The van der Waals surface area contributed by atoms with E-state index in [1.807, 2.05) is 4.90 Å². The van der Waals surface area contributed by atoms with E-state index in [1.165, 1.54) is 12.1 Å². The standard InChI is InChI=1S/C17H18ClN3O5S/c1-17(7-21-12(23)5-13(21)27-17)11-4-8(26-20-11)6-19-16(25)9-2-3-10(22)15(24)14(9)18/h2-3,8,13,22,24H,4-7H2,1H3,(H,19,25)/t8?,13-,17-/m1/s1. The summed E-state index contributed by atoms with van der Waals surface area (Å²) in [5.74, 6) is -1.23. The van der Waals surface area contributed by atoms with Gasteiger partial charge in [-0.05, 0) is 19.1 Å². The summed E-state index contributed by atoms with van der Waals surface area (Å²) < 4.78 is -0.262. The molecule has 0 aliphatic carbocycles. The number of nitrogens with one attached hydrogen (secondary N) is 1. The van der Waals surface area contributed by atoms with Gasteiger partial charge >= 0.3 is 0 Å². The summed E-state index contributed by atoms with van der Waals surface area (Å²) in [5.41, 5.74) is 0.946. The van der Waals surface area contributed by atoms with Gasteiger partial charge in [0.25, 0.3) is 5.91 Å². The quantitative estimate of drug-likeness (QED) is 0.513. The fourth-order valence-electron chi connectivity index (χ4n) is 3.42. The number of halogens is 1. The Bertz CT molecular complexity index is 863. The largest absolute Gasteiger partial charge is 0.504 e. The SMILES string of the molecule is C[C@]1(C2=NOC(CNC(=O)c3ccc(O)c(O)c3Cl)C2)CN2C(=O)C[C@H]2S1. The first-order chi connectivity index (χ1) is 12.8. The second-order valence-electron chi connectivity index (χ2n) is 7.00. The highest BCUT2D eigenvalue weighted by Crippen LogP contribution is 2.48. The number of aromatic hydroxyl groups is 2. The van der Waals surface area contributed by atoms with E-state index in [4.69, 9.17) is 16.4 Å². The van der Waals surface area contributed by atoms with Crippen LogP contribution in [-0.2, 0) is 9.63 Å². The maximum absolute atomic E-state index is 12.3. The van der Waals surface area contributed by atoms with E-state index in [0.717, 1.165) is 5.71 Å². The maximum Gasteiger partial charge on any atom is 0.253 e. The van der Waals surface area contributed by atoms with Crippen LogP contribution in [0.2, 0.25) is 5.02 Å². The Balaban J connectivity index is 1.33. The number of amides is 2. The molecule has 0 saturated carbocycles. The van der Waals surface area contributed by atoms with E-state index in [-0.39, 0.29) is 45.0 Å². The molecule has 10 heteroatoms. The van der Waals surface area contributed by atoms with Gasteiger partial charge in [0, 0.05) is 13.0 Å². The Morgan fingerprint density at radius 2 is 2.26 bits per heavy atom. The number of thioether (sulfide) groups is 1. The topological polar surface area (TPSA) is 111 Å². The first kappa shape index (κ1) is 18.2. The Morgan fingerprint density at radius 3 is 2.96 bits per heavy atom. The first-order valence-electron chi connectivity index (χ1n) is 8.47. The zero-order valence-electron chi connectivity index (χ0n) is 14.4. The molecule has 1 aromatic carbocycles. The fourth-order valence-corrected chi connectivity index (χ4v) is 5.29. The van der Waals surface area contributed by atoms with Gasteiger partial charge in [-0.15, -0.1) is 11.8 Å². The minimum absolute atomic E-state index is 0.0623. The molecule has 4 rings (SSSR count). The molecule has 144 valence electrons. The number of oxime groups is 1. The van der Waals surface area contributed by atoms with Gasteiger partial charge < -0.3 is 25.3 Å². The number of carbonyl (C=O) groups is 2. The monoisotopic (exact) mass is 411 g/mol. The highest BCUT2D eigenvalue weighted by atomic mass is 35.5. The van der Waals surface area contributed by atoms with Crippen molar-refractivity contribution in [3.63, 3.8) is 0 Å². The average Bonchev–Trinajstić information content (AvgIpc) is 3.22. The predicted molar refractivity (Wildman–Crippen MR) is 100 cm³/mol. The van der Waals surface area contributed by atoms with Crippen molar-refractivity contribution in [2.75, 3.05) is 13.1 Å². The van der Waals surface area contributed by atoms with Crippen LogP contribution >= 0.6 is 23.4 Å². The van der Waals surface area contributed by atoms with Crippen LogP contribution in [0.25, 0.3) is 0 Å². The Kier molecular flexibility index (Phi) is 4.38. The molecule has 1 aromatic rings. The molecule has 3 atom stereocenters. The van der Waals surface area contributed by atoms with Gasteiger partial charge in [-0.3, -0.25) is 9.59 Å².